The molecule has 0 aromatic heterocycles. The molecule has 13 heavy (non-hydrogen) atoms. The van der Waals surface area contributed by atoms with Gasteiger partial charge in [0.1, 0.15) is 0 Å². The Morgan fingerprint density at radius 3 is 2.31 bits per heavy atom. The molecule has 0 aromatic carbocycles. The van der Waals surface area contributed by atoms with Crippen LogP contribution < -0.4 is 0 Å². The van der Waals surface area contributed by atoms with E-state index in [1.165, 1.54) is 38.5 Å². The fraction of sp³-hybridized carbons (Fsp3) is 0.538. The van der Waals surface area contributed by atoms with Crippen LogP contribution in [0.1, 0.15) is 44.9 Å². The topological polar surface area (TPSA) is 0 Å². The molecule has 0 bridgehead atoms. The van der Waals surface area contributed by atoms with E-state index in [0.717, 1.165) is 6.42 Å². The minimum Gasteiger partial charge on any atom is -0.0885 e. The van der Waals surface area contributed by atoms with Crippen molar-refractivity contribution in [1.29, 1.82) is 0 Å². The summed E-state index contributed by atoms with van der Waals surface area (Å²) in [5, 5.41) is 0. The van der Waals surface area contributed by atoms with Crippen LogP contribution in [0.15, 0.2) is 30.4 Å². The van der Waals surface area contributed by atoms with Gasteiger partial charge in [-0.15, -0.1) is 0 Å². The molecule has 1 rings (SSSR count). The van der Waals surface area contributed by atoms with E-state index in [9.17, 15) is 0 Å². The Kier molecular flexibility index (Phi) is 6.22. The predicted octanol–water partition coefficient (Wildman–Crippen LogP) is 4.20. The van der Waals surface area contributed by atoms with Crippen LogP contribution in [0.25, 0.3) is 0 Å². The molecule has 0 unspecified atom stereocenters. The highest BCUT2D eigenvalue weighted by Crippen LogP contribution is 2.04. The van der Waals surface area contributed by atoms with E-state index < -0.39 is 0 Å². The van der Waals surface area contributed by atoms with Crippen LogP contribution >= 0.6 is 0 Å². The van der Waals surface area contributed by atoms with Gasteiger partial charge in [-0.3, -0.25) is 0 Å². The Morgan fingerprint density at radius 2 is 1.38 bits per heavy atom. The Hall–Kier alpha value is -0.780. The lowest BCUT2D eigenvalue weighted by molar-refractivity contribution is 0.759. The maximum atomic E-state index is 3.29. The normalized spacial score (nSPS) is 27.7. The summed E-state index contributed by atoms with van der Waals surface area (Å²) in [6.45, 7) is 0. The fourth-order valence-electron chi connectivity index (χ4n) is 1.39. The number of hydrogen-bond acceptors (Lipinski definition) is 0. The average molecular weight is 175 g/mol. The summed E-state index contributed by atoms with van der Waals surface area (Å²) >= 11 is 0. The summed E-state index contributed by atoms with van der Waals surface area (Å²) < 4.78 is 0. The second-order valence-electron chi connectivity index (χ2n) is 3.42. The highest BCUT2D eigenvalue weighted by atomic mass is 13.9. The van der Waals surface area contributed by atoms with Crippen molar-refractivity contribution in [2.75, 3.05) is 0 Å². The quantitative estimate of drug-likeness (QED) is 0.484. The molecular weight excluding hydrogens is 156 g/mol. The summed E-state index contributed by atoms with van der Waals surface area (Å²) in [7, 11) is 0. The van der Waals surface area contributed by atoms with Gasteiger partial charge in [0, 0.05) is 0 Å². The first-order chi connectivity index (χ1) is 6.50. The highest BCUT2D eigenvalue weighted by Gasteiger charge is 1.85. The molecule has 0 spiro atoms. The molecule has 0 saturated carbocycles. The van der Waals surface area contributed by atoms with Crippen LogP contribution in [0.4, 0.5) is 0 Å². The first-order valence-corrected chi connectivity index (χ1v) is 5.35. The summed E-state index contributed by atoms with van der Waals surface area (Å²) in [5.41, 5.74) is 0. The van der Waals surface area contributed by atoms with Crippen molar-refractivity contribution in [2.45, 2.75) is 44.9 Å². The van der Waals surface area contributed by atoms with E-state index in [1.54, 1.807) is 0 Å². The smallest absolute Gasteiger partial charge is 0.00979 e. The minimum atomic E-state index is 0.990. The van der Waals surface area contributed by atoms with E-state index in [1.807, 2.05) is 0 Å². The maximum Gasteiger partial charge on any atom is -0.00979 e. The fourth-order valence-corrected chi connectivity index (χ4v) is 1.39. The molecule has 0 fully saturated rings. The standard InChI is InChI=1S/C13H19/c1-2-4-6-8-10-12-13-11-9-7-5-3-1/h1-2,7,9,12H,3-6,8,10-11H2/b2-1+,9-7+,13-12?. The van der Waals surface area contributed by atoms with Crippen LogP contribution in [0.2, 0.25) is 0 Å². The molecule has 0 heterocycles. The number of hydrogen-bond donors (Lipinski definition) is 0. The van der Waals surface area contributed by atoms with Crippen molar-refractivity contribution in [3.05, 3.63) is 36.5 Å². The zero-order valence-corrected chi connectivity index (χ0v) is 8.34. The lowest BCUT2D eigenvalue weighted by atomic mass is 10.1. The monoisotopic (exact) mass is 175 g/mol. The van der Waals surface area contributed by atoms with Crippen molar-refractivity contribution >= 4 is 0 Å². The zero-order chi connectivity index (χ0) is 9.19. The van der Waals surface area contributed by atoms with E-state index in [0.29, 0.717) is 0 Å². The lowest BCUT2D eigenvalue weighted by Crippen LogP contribution is -1.72. The van der Waals surface area contributed by atoms with Gasteiger partial charge in [0.25, 0.3) is 0 Å². The Bertz CT molecular complexity index is 184. The largest absolute Gasteiger partial charge is 0.0885 e. The van der Waals surface area contributed by atoms with Gasteiger partial charge in [-0.05, 0) is 51.0 Å². The zero-order valence-electron chi connectivity index (χ0n) is 8.34. The van der Waals surface area contributed by atoms with E-state index in [4.69, 9.17) is 0 Å². The molecule has 0 amide bonds. The van der Waals surface area contributed by atoms with Gasteiger partial charge in [-0.1, -0.05) is 30.4 Å². The lowest BCUT2D eigenvalue weighted by Gasteiger charge is -1.92. The molecule has 71 valence electrons. The first kappa shape index (κ1) is 10.3. The van der Waals surface area contributed by atoms with Crippen molar-refractivity contribution < 1.29 is 0 Å². The van der Waals surface area contributed by atoms with Crippen LogP contribution in [-0.4, -0.2) is 0 Å². The SMILES string of the molecule is [C]1=C/CCCC/C=C/CC/C=C/C/1. The molecule has 0 aliphatic heterocycles. The summed E-state index contributed by atoms with van der Waals surface area (Å²) in [5.74, 6) is 0. The Labute approximate surface area is 82.0 Å². The molecule has 1 aliphatic carbocycles. The molecule has 1 aliphatic rings. The van der Waals surface area contributed by atoms with E-state index in [2.05, 4.69) is 36.5 Å². The molecule has 0 N–H and O–H groups in total. The molecule has 0 saturated heterocycles. The van der Waals surface area contributed by atoms with Gasteiger partial charge in [0.15, 0.2) is 0 Å². The molecule has 0 heteroatoms. The predicted molar refractivity (Wildman–Crippen MR) is 58.4 cm³/mol. The van der Waals surface area contributed by atoms with Gasteiger partial charge >= 0.3 is 0 Å². The molecular formula is C13H19. The van der Waals surface area contributed by atoms with Crippen LogP contribution in [-0.2, 0) is 0 Å². The van der Waals surface area contributed by atoms with Crippen molar-refractivity contribution in [3.8, 4) is 0 Å². The average Bonchev–Trinajstić information content (AvgIpc) is 2.18. The third-order valence-electron chi connectivity index (χ3n) is 2.18. The van der Waals surface area contributed by atoms with Crippen molar-refractivity contribution in [2.24, 2.45) is 0 Å². The van der Waals surface area contributed by atoms with Gasteiger partial charge in [0.2, 0.25) is 0 Å². The Balaban J connectivity index is 2.28. The molecule has 0 atom stereocenters. The second kappa shape index (κ2) is 7.85. The van der Waals surface area contributed by atoms with Crippen LogP contribution in [0, 0.1) is 6.08 Å². The third-order valence-corrected chi connectivity index (χ3v) is 2.18. The molecule has 0 aromatic rings. The highest BCUT2D eigenvalue weighted by molar-refractivity contribution is 4.91. The van der Waals surface area contributed by atoms with Crippen molar-refractivity contribution in [3.63, 3.8) is 0 Å². The first-order valence-electron chi connectivity index (χ1n) is 5.35. The van der Waals surface area contributed by atoms with E-state index >= 15 is 0 Å². The van der Waals surface area contributed by atoms with Crippen molar-refractivity contribution in [1.82, 2.24) is 0 Å². The van der Waals surface area contributed by atoms with Gasteiger partial charge < -0.3 is 0 Å². The van der Waals surface area contributed by atoms with Gasteiger partial charge in [0.05, 0.1) is 0 Å². The second-order valence-corrected chi connectivity index (χ2v) is 3.42. The molecule has 1 radical (unpaired) electrons. The third kappa shape index (κ3) is 6.39. The summed E-state index contributed by atoms with van der Waals surface area (Å²) in [4.78, 5) is 0. The van der Waals surface area contributed by atoms with Crippen LogP contribution in [0.3, 0.4) is 0 Å². The van der Waals surface area contributed by atoms with Gasteiger partial charge in [-0.2, -0.15) is 0 Å². The minimum absolute atomic E-state index is 0.990. The Morgan fingerprint density at radius 1 is 0.692 bits per heavy atom. The molecule has 0 nitrogen and oxygen atoms in total. The maximum absolute atomic E-state index is 3.29. The van der Waals surface area contributed by atoms with E-state index in [-0.39, 0.29) is 0 Å². The number of rotatable bonds is 0. The summed E-state index contributed by atoms with van der Waals surface area (Å²) in [6, 6.07) is 0. The van der Waals surface area contributed by atoms with Crippen LogP contribution in [0.5, 0.6) is 0 Å². The summed E-state index contributed by atoms with van der Waals surface area (Å²) in [6.07, 6.45) is 23.0. The van der Waals surface area contributed by atoms with Gasteiger partial charge in [-0.25, -0.2) is 0 Å². The number of allylic oxidation sites excluding steroid dienone is 6.